The van der Waals surface area contributed by atoms with Gasteiger partial charge < -0.3 is 13.3 Å². The molecule has 0 spiro atoms. The normalized spacial score (nSPS) is 12.2. The lowest BCUT2D eigenvalue weighted by atomic mass is 10.0. The molecule has 0 aromatic rings. The van der Waals surface area contributed by atoms with Gasteiger partial charge in [-0.15, -0.1) is 0 Å². The summed E-state index contributed by atoms with van der Waals surface area (Å²) in [5.74, 6) is 0. The van der Waals surface area contributed by atoms with Gasteiger partial charge in [-0.3, -0.25) is 0 Å². The predicted octanol–water partition coefficient (Wildman–Crippen LogP) is 8.28. The molecule has 3 nitrogen and oxygen atoms in total. The Hall–Kier alpha value is 0.0969. The largest absolute Gasteiger partial charge is 0.394 e. The molecule has 0 saturated heterocycles. The van der Waals surface area contributed by atoms with Gasteiger partial charge in [-0.1, -0.05) is 96.8 Å². The number of hydrogen-bond acceptors (Lipinski definition) is 2. The van der Waals surface area contributed by atoms with Crippen LogP contribution in [0.2, 0.25) is 6.04 Å². The van der Waals surface area contributed by atoms with Gasteiger partial charge in [0.1, 0.15) is 0 Å². The van der Waals surface area contributed by atoms with Gasteiger partial charge in [-0.05, 0) is 39.2 Å². The average Bonchev–Trinajstić information content (AvgIpc) is 2.73. The molecule has 0 aromatic heterocycles. The zero-order chi connectivity index (χ0) is 23.0. The van der Waals surface area contributed by atoms with E-state index in [0.29, 0.717) is 0 Å². The van der Waals surface area contributed by atoms with Gasteiger partial charge in [0, 0.05) is 13.2 Å². The summed E-state index contributed by atoms with van der Waals surface area (Å²) in [6, 6.07) is 1.12. The zero-order valence-electron chi connectivity index (χ0n) is 22.3. The van der Waals surface area contributed by atoms with Crippen molar-refractivity contribution < 1.29 is 13.3 Å². The third-order valence-corrected chi connectivity index (χ3v) is 8.36. The molecule has 0 amide bonds. The van der Waals surface area contributed by atoms with E-state index < -0.39 is 9.28 Å². The molecular weight excluding hydrogens is 398 g/mol. The molecule has 4 heteroatoms. The number of rotatable bonds is 25. The minimum absolute atomic E-state index is 0.783. The van der Waals surface area contributed by atoms with Crippen molar-refractivity contribution in [1.29, 1.82) is 0 Å². The Morgan fingerprint density at radius 2 is 0.839 bits per heavy atom. The van der Waals surface area contributed by atoms with E-state index in [-0.39, 0.29) is 0 Å². The topological polar surface area (TPSA) is 18.5 Å². The molecule has 0 bridgehead atoms. The maximum Gasteiger partial charge on any atom is 0.384 e. The van der Waals surface area contributed by atoms with Crippen LogP contribution in [0.3, 0.4) is 0 Å². The monoisotopic (exact) mass is 457 g/mol. The maximum absolute atomic E-state index is 5.76. The van der Waals surface area contributed by atoms with Crippen molar-refractivity contribution >= 4 is 9.28 Å². The first-order valence-electron chi connectivity index (χ1n) is 14.0. The van der Waals surface area contributed by atoms with Crippen LogP contribution in [0, 0.1) is 0 Å². The van der Waals surface area contributed by atoms with E-state index in [1.54, 1.807) is 0 Å². The second-order valence-electron chi connectivity index (χ2n) is 10.0. The van der Waals surface area contributed by atoms with Crippen molar-refractivity contribution in [3.8, 4) is 0 Å². The first kappa shape index (κ1) is 31.1. The molecule has 0 aliphatic carbocycles. The summed E-state index contributed by atoms with van der Waals surface area (Å²) in [4.78, 5) is 0. The molecule has 0 aliphatic rings. The van der Waals surface area contributed by atoms with E-state index in [9.17, 15) is 0 Å². The standard InChI is InChI=1S/C27H59NO2Si/c1-6-9-10-11-12-13-14-15-16-17-18-19-20-21-22-23-25-28(4,5)26-24-27-31(29-7-2)30-8-3/h6-27H2,1-5H3/q+1. The van der Waals surface area contributed by atoms with Crippen molar-refractivity contribution in [3.05, 3.63) is 0 Å². The molecule has 187 valence electrons. The molecule has 0 fully saturated rings. The van der Waals surface area contributed by atoms with Crippen molar-refractivity contribution in [2.45, 2.75) is 136 Å². The molecular formula is C27H59NO2Si+. The number of quaternary nitrogens is 1. The van der Waals surface area contributed by atoms with Gasteiger partial charge >= 0.3 is 9.28 Å². The maximum atomic E-state index is 5.76. The predicted molar refractivity (Wildman–Crippen MR) is 140 cm³/mol. The van der Waals surface area contributed by atoms with Crippen LogP contribution in [0.5, 0.6) is 0 Å². The smallest absolute Gasteiger partial charge is 0.384 e. The Morgan fingerprint density at radius 3 is 1.23 bits per heavy atom. The van der Waals surface area contributed by atoms with Gasteiger partial charge in [0.2, 0.25) is 0 Å². The highest BCUT2D eigenvalue weighted by Gasteiger charge is 2.19. The lowest BCUT2D eigenvalue weighted by molar-refractivity contribution is -0.890. The van der Waals surface area contributed by atoms with Crippen LogP contribution in [0.25, 0.3) is 0 Å². The Bertz CT molecular complexity index is 346. The Balaban J connectivity index is 3.41. The third-order valence-electron chi connectivity index (χ3n) is 6.37. The van der Waals surface area contributed by atoms with E-state index in [0.717, 1.165) is 23.7 Å². The van der Waals surface area contributed by atoms with Gasteiger partial charge in [-0.25, -0.2) is 0 Å². The van der Waals surface area contributed by atoms with Crippen LogP contribution < -0.4 is 0 Å². The third kappa shape index (κ3) is 23.1. The molecule has 0 aromatic carbocycles. The van der Waals surface area contributed by atoms with Gasteiger partial charge in [0.15, 0.2) is 0 Å². The van der Waals surface area contributed by atoms with E-state index in [2.05, 4.69) is 34.9 Å². The number of unbranched alkanes of at least 4 members (excludes halogenated alkanes) is 15. The SMILES string of the molecule is CCCCCCCCCCCCCCCCCC[N+](C)(C)CCC[Si](OCC)OCC. The highest BCUT2D eigenvalue weighted by atomic mass is 28.3. The Labute approximate surface area is 199 Å². The molecule has 0 atom stereocenters. The van der Waals surface area contributed by atoms with Gasteiger partial charge in [-0.2, -0.15) is 0 Å². The molecule has 0 saturated carbocycles. The van der Waals surface area contributed by atoms with E-state index in [1.165, 1.54) is 122 Å². The second kappa shape index (κ2) is 23.3. The molecule has 0 rings (SSSR count). The molecule has 0 heterocycles. The fraction of sp³-hybridized carbons (Fsp3) is 1.00. The lowest BCUT2D eigenvalue weighted by Gasteiger charge is -2.30. The zero-order valence-corrected chi connectivity index (χ0v) is 23.3. The second-order valence-corrected chi connectivity index (χ2v) is 11.8. The summed E-state index contributed by atoms with van der Waals surface area (Å²) in [5, 5.41) is 0. The Morgan fingerprint density at radius 1 is 0.484 bits per heavy atom. The van der Waals surface area contributed by atoms with Crippen LogP contribution in [0.15, 0.2) is 0 Å². The molecule has 0 unspecified atom stereocenters. The summed E-state index contributed by atoms with van der Waals surface area (Å²) >= 11 is 0. The van der Waals surface area contributed by atoms with Crippen LogP contribution >= 0.6 is 0 Å². The first-order valence-corrected chi connectivity index (χ1v) is 15.5. The lowest BCUT2D eigenvalue weighted by Crippen LogP contribution is -2.41. The summed E-state index contributed by atoms with van der Waals surface area (Å²) in [6.07, 6.45) is 24.3. The van der Waals surface area contributed by atoms with Crippen LogP contribution in [-0.2, 0) is 8.85 Å². The quantitative estimate of drug-likeness (QED) is 0.0780. The highest BCUT2D eigenvalue weighted by Crippen LogP contribution is 2.14. The first-order chi connectivity index (χ1) is 15.1. The molecule has 0 N–H and O–H groups in total. The fourth-order valence-electron chi connectivity index (χ4n) is 4.36. The molecule has 0 aliphatic heterocycles. The summed E-state index contributed by atoms with van der Waals surface area (Å²) in [5.41, 5.74) is 0. The van der Waals surface area contributed by atoms with Crippen LogP contribution in [0.4, 0.5) is 0 Å². The summed E-state index contributed by atoms with van der Waals surface area (Å²) in [7, 11) is 3.75. The Kier molecular flexibility index (Phi) is 23.3. The van der Waals surface area contributed by atoms with Crippen molar-refractivity contribution in [1.82, 2.24) is 0 Å². The van der Waals surface area contributed by atoms with Gasteiger partial charge in [0.25, 0.3) is 0 Å². The minimum Gasteiger partial charge on any atom is -0.394 e. The van der Waals surface area contributed by atoms with Crippen molar-refractivity contribution in [2.24, 2.45) is 0 Å². The highest BCUT2D eigenvalue weighted by molar-refractivity contribution is 6.44. The average molecular weight is 458 g/mol. The van der Waals surface area contributed by atoms with Crippen LogP contribution in [-0.4, -0.2) is 54.2 Å². The number of nitrogens with zero attached hydrogens (tertiary/aromatic N) is 1. The van der Waals surface area contributed by atoms with Crippen molar-refractivity contribution in [3.63, 3.8) is 0 Å². The number of hydrogen-bond donors (Lipinski definition) is 0. The van der Waals surface area contributed by atoms with E-state index in [4.69, 9.17) is 8.85 Å². The van der Waals surface area contributed by atoms with Gasteiger partial charge in [0.05, 0.1) is 27.2 Å². The van der Waals surface area contributed by atoms with E-state index in [1.807, 2.05) is 0 Å². The fourth-order valence-corrected chi connectivity index (χ4v) is 5.82. The summed E-state index contributed by atoms with van der Waals surface area (Å²) < 4.78 is 12.7. The minimum atomic E-state index is -1.03. The van der Waals surface area contributed by atoms with Crippen molar-refractivity contribution in [2.75, 3.05) is 40.4 Å². The molecule has 31 heavy (non-hydrogen) atoms. The van der Waals surface area contributed by atoms with Crippen LogP contribution in [0.1, 0.15) is 130 Å². The molecule has 1 radical (unpaired) electrons. The van der Waals surface area contributed by atoms with E-state index >= 15 is 0 Å². The summed E-state index contributed by atoms with van der Waals surface area (Å²) in [6.45, 7) is 10.6.